The minimum Gasteiger partial charge on any atom is -0.294 e. The summed E-state index contributed by atoms with van der Waals surface area (Å²) in [5.74, 6) is -0.313. The molecular formula is C14H9Cl2NO3. The summed E-state index contributed by atoms with van der Waals surface area (Å²) < 4.78 is 0. The van der Waals surface area contributed by atoms with Crippen molar-refractivity contribution in [3.63, 3.8) is 0 Å². The highest BCUT2D eigenvalue weighted by atomic mass is 35.5. The summed E-state index contributed by atoms with van der Waals surface area (Å²) >= 11 is 11.9. The van der Waals surface area contributed by atoms with E-state index in [9.17, 15) is 14.9 Å². The van der Waals surface area contributed by atoms with Gasteiger partial charge in [0.15, 0.2) is 5.78 Å². The second-order valence-electron chi connectivity index (χ2n) is 4.11. The molecule has 4 nitrogen and oxygen atoms in total. The van der Waals surface area contributed by atoms with Crippen LogP contribution in [-0.2, 0) is 6.42 Å². The molecule has 0 radical (unpaired) electrons. The van der Waals surface area contributed by atoms with E-state index in [1.807, 2.05) is 0 Å². The van der Waals surface area contributed by atoms with Crippen LogP contribution < -0.4 is 0 Å². The number of benzene rings is 2. The lowest BCUT2D eigenvalue weighted by Crippen LogP contribution is -2.05. The lowest BCUT2D eigenvalue weighted by molar-refractivity contribution is -0.384. The van der Waals surface area contributed by atoms with Gasteiger partial charge in [0.05, 0.1) is 9.95 Å². The average Bonchev–Trinajstić information content (AvgIpc) is 2.41. The standard InChI is InChI=1S/C14H9Cl2NO3/c15-12-4-2-1-3-9(12)7-14(18)11-8-10(17(19)20)5-6-13(11)16/h1-6,8H,7H2. The van der Waals surface area contributed by atoms with Crippen LogP contribution in [0.4, 0.5) is 5.69 Å². The fourth-order valence-electron chi connectivity index (χ4n) is 1.75. The Hall–Kier alpha value is -1.91. The Morgan fingerprint density at radius 3 is 2.45 bits per heavy atom. The van der Waals surface area contributed by atoms with Crippen molar-refractivity contribution in [1.29, 1.82) is 0 Å². The van der Waals surface area contributed by atoms with Gasteiger partial charge in [-0.1, -0.05) is 41.4 Å². The number of hydrogen-bond donors (Lipinski definition) is 0. The lowest BCUT2D eigenvalue weighted by atomic mass is 10.0. The molecule has 0 heterocycles. The molecule has 0 bridgehead atoms. The van der Waals surface area contributed by atoms with Crippen LogP contribution in [0.3, 0.4) is 0 Å². The van der Waals surface area contributed by atoms with E-state index in [0.717, 1.165) is 0 Å². The van der Waals surface area contributed by atoms with Gasteiger partial charge >= 0.3 is 0 Å². The van der Waals surface area contributed by atoms with Crippen LogP contribution in [-0.4, -0.2) is 10.7 Å². The number of non-ortho nitro benzene ring substituents is 1. The van der Waals surface area contributed by atoms with Gasteiger partial charge in [0.1, 0.15) is 0 Å². The first-order valence-electron chi connectivity index (χ1n) is 5.69. The lowest BCUT2D eigenvalue weighted by Gasteiger charge is -2.05. The van der Waals surface area contributed by atoms with E-state index in [0.29, 0.717) is 10.6 Å². The molecule has 0 spiro atoms. The van der Waals surface area contributed by atoms with E-state index < -0.39 is 4.92 Å². The second kappa shape index (κ2) is 6.03. The van der Waals surface area contributed by atoms with Gasteiger partial charge < -0.3 is 0 Å². The quantitative estimate of drug-likeness (QED) is 0.480. The van der Waals surface area contributed by atoms with E-state index in [-0.39, 0.29) is 28.5 Å². The van der Waals surface area contributed by atoms with Gasteiger partial charge in [-0.05, 0) is 17.7 Å². The van der Waals surface area contributed by atoms with Crippen molar-refractivity contribution in [2.45, 2.75) is 6.42 Å². The van der Waals surface area contributed by atoms with Crippen molar-refractivity contribution in [3.8, 4) is 0 Å². The Morgan fingerprint density at radius 1 is 1.10 bits per heavy atom. The molecule has 0 fully saturated rings. The fourth-order valence-corrected chi connectivity index (χ4v) is 2.18. The van der Waals surface area contributed by atoms with Crippen molar-refractivity contribution in [3.05, 3.63) is 73.8 Å². The maximum absolute atomic E-state index is 12.2. The number of carbonyl (C=O) groups excluding carboxylic acids is 1. The molecule has 0 N–H and O–H groups in total. The molecule has 2 aromatic rings. The number of halogens is 2. The summed E-state index contributed by atoms with van der Waals surface area (Å²) in [5.41, 5.74) is 0.611. The topological polar surface area (TPSA) is 60.2 Å². The highest BCUT2D eigenvalue weighted by molar-refractivity contribution is 6.34. The van der Waals surface area contributed by atoms with Crippen molar-refractivity contribution in [2.75, 3.05) is 0 Å². The molecule has 2 rings (SSSR count). The molecule has 20 heavy (non-hydrogen) atoms. The Kier molecular flexibility index (Phi) is 4.37. The van der Waals surface area contributed by atoms with Crippen molar-refractivity contribution >= 4 is 34.7 Å². The summed E-state index contributed by atoms with van der Waals surface area (Å²) in [4.78, 5) is 22.4. The predicted octanol–water partition coefficient (Wildman–Crippen LogP) is 4.33. The molecule has 0 atom stereocenters. The van der Waals surface area contributed by atoms with Gasteiger partial charge in [-0.25, -0.2) is 0 Å². The van der Waals surface area contributed by atoms with Crippen LogP contribution in [0.2, 0.25) is 10.0 Å². The molecule has 0 aliphatic rings. The number of nitro benzene ring substituents is 1. The summed E-state index contributed by atoms with van der Waals surface area (Å²) in [6, 6.07) is 10.7. The third-order valence-corrected chi connectivity index (χ3v) is 3.47. The zero-order valence-corrected chi connectivity index (χ0v) is 11.7. The predicted molar refractivity (Wildman–Crippen MR) is 77.6 cm³/mol. The number of rotatable bonds is 4. The second-order valence-corrected chi connectivity index (χ2v) is 4.93. The molecule has 0 aliphatic heterocycles. The van der Waals surface area contributed by atoms with Gasteiger partial charge in [-0.2, -0.15) is 0 Å². The van der Waals surface area contributed by atoms with Gasteiger partial charge in [-0.15, -0.1) is 0 Å². The van der Waals surface area contributed by atoms with Crippen molar-refractivity contribution in [1.82, 2.24) is 0 Å². The Morgan fingerprint density at radius 2 is 1.80 bits per heavy atom. The summed E-state index contributed by atoms with van der Waals surface area (Å²) in [5, 5.41) is 11.4. The molecule has 0 unspecified atom stereocenters. The Labute approximate surface area is 125 Å². The zero-order valence-electron chi connectivity index (χ0n) is 10.2. The van der Waals surface area contributed by atoms with Crippen molar-refractivity contribution < 1.29 is 9.72 Å². The fraction of sp³-hybridized carbons (Fsp3) is 0.0714. The SMILES string of the molecule is O=C(Cc1ccccc1Cl)c1cc([N+](=O)[O-])ccc1Cl. The van der Waals surface area contributed by atoms with E-state index >= 15 is 0 Å². The first-order chi connectivity index (χ1) is 9.49. The van der Waals surface area contributed by atoms with E-state index in [1.54, 1.807) is 24.3 Å². The minimum atomic E-state index is -0.567. The minimum absolute atomic E-state index is 0.0422. The molecule has 0 saturated heterocycles. The number of ketones is 1. The Balaban J connectivity index is 2.32. The van der Waals surface area contributed by atoms with E-state index in [1.165, 1.54) is 18.2 Å². The van der Waals surface area contributed by atoms with Crippen LogP contribution in [0.15, 0.2) is 42.5 Å². The molecule has 0 saturated carbocycles. The largest absolute Gasteiger partial charge is 0.294 e. The van der Waals surface area contributed by atoms with Crippen LogP contribution in [0.1, 0.15) is 15.9 Å². The normalized spacial score (nSPS) is 10.3. The first kappa shape index (κ1) is 14.5. The van der Waals surface area contributed by atoms with Crippen LogP contribution in [0.5, 0.6) is 0 Å². The third kappa shape index (κ3) is 3.15. The van der Waals surface area contributed by atoms with E-state index in [2.05, 4.69) is 0 Å². The maximum atomic E-state index is 12.2. The number of nitrogens with zero attached hydrogens (tertiary/aromatic N) is 1. The summed E-state index contributed by atoms with van der Waals surface area (Å²) in [6.45, 7) is 0. The van der Waals surface area contributed by atoms with Gasteiger partial charge in [-0.3, -0.25) is 14.9 Å². The molecule has 2 aromatic carbocycles. The molecule has 6 heteroatoms. The first-order valence-corrected chi connectivity index (χ1v) is 6.45. The van der Waals surface area contributed by atoms with Crippen LogP contribution >= 0.6 is 23.2 Å². The van der Waals surface area contributed by atoms with Gasteiger partial charge in [0, 0.05) is 29.1 Å². The summed E-state index contributed by atoms with van der Waals surface area (Å²) in [7, 11) is 0. The number of nitro groups is 1. The van der Waals surface area contributed by atoms with Crippen molar-refractivity contribution in [2.24, 2.45) is 0 Å². The van der Waals surface area contributed by atoms with Gasteiger partial charge in [0.25, 0.3) is 5.69 Å². The molecular weight excluding hydrogens is 301 g/mol. The van der Waals surface area contributed by atoms with Gasteiger partial charge in [0.2, 0.25) is 0 Å². The highest BCUT2D eigenvalue weighted by Gasteiger charge is 2.17. The molecule has 0 amide bonds. The Bertz CT molecular complexity index is 686. The van der Waals surface area contributed by atoms with Crippen LogP contribution in [0, 0.1) is 10.1 Å². The average molecular weight is 310 g/mol. The molecule has 0 aromatic heterocycles. The number of Topliss-reactive ketones (excluding diaryl/α,β-unsaturated/α-hetero) is 1. The summed E-state index contributed by atoms with van der Waals surface area (Å²) in [6.07, 6.45) is 0.0422. The zero-order chi connectivity index (χ0) is 14.7. The molecule has 0 aliphatic carbocycles. The monoisotopic (exact) mass is 309 g/mol. The number of hydrogen-bond acceptors (Lipinski definition) is 3. The van der Waals surface area contributed by atoms with E-state index in [4.69, 9.17) is 23.2 Å². The molecule has 102 valence electrons. The highest BCUT2D eigenvalue weighted by Crippen LogP contribution is 2.25. The smallest absolute Gasteiger partial charge is 0.270 e. The van der Waals surface area contributed by atoms with Crippen LogP contribution in [0.25, 0.3) is 0 Å². The third-order valence-electron chi connectivity index (χ3n) is 2.77. The maximum Gasteiger partial charge on any atom is 0.270 e. The number of carbonyl (C=O) groups is 1.